The molecule has 2 rings (SSSR count). The van der Waals surface area contributed by atoms with Crippen LogP contribution in [0.25, 0.3) is 0 Å². The number of hydrogen-bond acceptors (Lipinski definition) is 6. The van der Waals surface area contributed by atoms with Crippen molar-refractivity contribution in [1.82, 2.24) is 5.01 Å². The van der Waals surface area contributed by atoms with Crippen LogP contribution in [0, 0.1) is 3.57 Å². The molecule has 1 heterocycles. The molecule has 0 aromatic heterocycles. The van der Waals surface area contributed by atoms with Crippen LogP contribution in [0.2, 0.25) is 0 Å². The normalized spacial score (nSPS) is 15.4. The van der Waals surface area contributed by atoms with E-state index >= 15 is 0 Å². The highest BCUT2D eigenvalue weighted by Gasteiger charge is 2.26. The maximum Gasteiger partial charge on any atom is 0.259 e. The molecule has 0 unspecified atom stereocenters. The summed E-state index contributed by atoms with van der Waals surface area (Å²) in [5, 5.41) is 15.1. The first-order valence-electron chi connectivity index (χ1n) is 5.72. The highest BCUT2D eigenvalue weighted by molar-refractivity contribution is 14.1. The molecule has 8 heteroatoms. The van der Waals surface area contributed by atoms with Gasteiger partial charge in [0.25, 0.3) is 5.91 Å². The molecular weight excluding hydrogens is 411 g/mol. The summed E-state index contributed by atoms with van der Waals surface area (Å²) in [7, 11) is 0. The first kappa shape index (κ1) is 15.5. The van der Waals surface area contributed by atoms with Crippen LogP contribution in [-0.2, 0) is 4.79 Å². The standard InChI is InChI=1S/C12H11IN2O3S2/c1-2-18-9-4-7(3-8(13)11(9)17)5-14-15-10(16)6-20-12(15)19/h3-5,17H,2,6H2,1H3/b14-5+. The second-order valence-electron chi connectivity index (χ2n) is 3.79. The number of hydrazone groups is 1. The third kappa shape index (κ3) is 3.41. The average Bonchev–Trinajstić information content (AvgIpc) is 2.72. The van der Waals surface area contributed by atoms with E-state index in [1.54, 1.807) is 12.1 Å². The smallest absolute Gasteiger partial charge is 0.259 e. The largest absolute Gasteiger partial charge is 0.504 e. The molecule has 1 aliphatic heterocycles. The van der Waals surface area contributed by atoms with Crippen LogP contribution in [0.1, 0.15) is 12.5 Å². The first-order valence-corrected chi connectivity index (χ1v) is 8.19. The quantitative estimate of drug-likeness (QED) is 0.459. The third-order valence-electron chi connectivity index (χ3n) is 2.40. The summed E-state index contributed by atoms with van der Waals surface area (Å²) in [5.41, 5.74) is 0.725. The minimum atomic E-state index is -0.130. The number of carbonyl (C=O) groups excluding carboxylic acids is 1. The molecule has 1 saturated heterocycles. The number of rotatable bonds is 4. The van der Waals surface area contributed by atoms with E-state index < -0.39 is 0 Å². The van der Waals surface area contributed by atoms with Crippen molar-refractivity contribution in [2.45, 2.75) is 6.92 Å². The fourth-order valence-corrected chi connectivity index (χ4v) is 3.11. The summed E-state index contributed by atoms with van der Waals surface area (Å²) in [6.45, 7) is 2.29. The van der Waals surface area contributed by atoms with E-state index in [4.69, 9.17) is 17.0 Å². The van der Waals surface area contributed by atoms with Crippen LogP contribution in [0.3, 0.4) is 0 Å². The Morgan fingerprint density at radius 1 is 1.65 bits per heavy atom. The maximum absolute atomic E-state index is 11.5. The number of phenols is 1. The van der Waals surface area contributed by atoms with Gasteiger partial charge in [-0.2, -0.15) is 10.1 Å². The number of amides is 1. The fourth-order valence-electron chi connectivity index (χ4n) is 1.52. The summed E-state index contributed by atoms with van der Waals surface area (Å²) < 4.78 is 6.45. The molecule has 0 aliphatic carbocycles. The highest BCUT2D eigenvalue weighted by atomic mass is 127. The average molecular weight is 422 g/mol. The third-order valence-corrected chi connectivity index (χ3v) is 4.56. The molecule has 20 heavy (non-hydrogen) atoms. The second-order valence-corrected chi connectivity index (χ2v) is 6.56. The monoisotopic (exact) mass is 422 g/mol. The van der Waals surface area contributed by atoms with Gasteiger partial charge in [-0.1, -0.05) is 24.0 Å². The van der Waals surface area contributed by atoms with Gasteiger partial charge in [0, 0.05) is 0 Å². The molecule has 1 aromatic carbocycles. The zero-order chi connectivity index (χ0) is 14.7. The van der Waals surface area contributed by atoms with E-state index in [1.807, 2.05) is 29.5 Å². The van der Waals surface area contributed by atoms with E-state index in [0.29, 0.717) is 26.0 Å². The minimum Gasteiger partial charge on any atom is -0.504 e. The number of benzene rings is 1. The van der Waals surface area contributed by atoms with E-state index in [9.17, 15) is 9.90 Å². The van der Waals surface area contributed by atoms with Gasteiger partial charge < -0.3 is 9.84 Å². The molecule has 0 saturated carbocycles. The summed E-state index contributed by atoms with van der Waals surface area (Å²) in [6, 6.07) is 3.42. The van der Waals surface area contributed by atoms with Crippen molar-refractivity contribution in [2.75, 3.05) is 12.4 Å². The van der Waals surface area contributed by atoms with Gasteiger partial charge in [-0.25, -0.2) is 0 Å². The number of thiocarbonyl (C=S) groups is 1. The van der Waals surface area contributed by atoms with Crippen molar-refractivity contribution in [3.8, 4) is 11.5 Å². The van der Waals surface area contributed by atoms with Crippen molar-refractivity contribution >= 4 is 63.0 Å². The lowest BCUT2D eigenvalue weighted by Gasteiger charge is -2.09. The van der Waals surface area contributed by atoms with E-state index in [1.165, 1.54) is 23.0 Å². The molecule has 0 radical (unpaired) electrons. The van der Waals surface area contributed by atoms with Gasteiger partial charge in [-0.15, -0.1) is 0 Å². The number of thioether (sulfide) groups is 1. The molecule has 1 fully saturated rings. The van der Waals surface area contributed by atoms with Crippen LogP contribution >= 0.6 is 46.6 Å². The van der Waals surface area contributed by atoms with Crippen molar-refractivity contribution in [3.63, 3.8) is 0 Å². The molecule has 0 bridgehead atoms. The molecule has 1 N–H and O–H groups in total. The zero-order valence-corrected chi connectivity index (χ0v) is 14.3. The van der Waals surface area contributed by atoms with Gasteiger partial charge in [0.15, 0.2) is 15.8 Å². The predicted molar refractivity (Wildman–Crippen MR) is 91.5 cm³/mol. The fraction of sp³-hybridized carbons (Fsp3) is 0.250. The number of phenolic OH excluding ortho intramolecular Hbond substituents is 1. The van der Waals surface area contributed by atoms with Gasteiger partial charge in [-0.3, -0.25) is 4.79 Å². The summed E-state index contributed by atoms with van der Waals surface area (Å²) in [6.07, 6.45) is 1.53. The van der Waals surface area contributed by atoms with Crippen molar-refractivity contribution < 1.29 is 14.6 Å². The number of aromatic hydroxyl groups is 1. The van der Waals surface area contributed by atoms with Crippen molar-refractivity contribution in [1.29, 1.82) is 0 Å². The van der Waals surface area contributed by atoms with Gasteiger partial charge in [-0.05, 0) is 47.2 Å². The van der Waals surface area contributed by atoms with Crippen molar-refractivity contribution in [2.24, 2.45) is 5.10 Å². The molecule has 1 amide bonds. The Bertz CT molecular complexity index is 576. The van der Waals surface area contributed by atoms with E-state index in [-0.39, 0.29) is 11.7 Å². The van der Waals surface area contributed by atoms with E-state index in [0.717, 1.165) is 5.56 Å². The van der Waals surface area contributed by atoms with E-state index in [2.05, 4.69) is 5.10 Å². The molecule has 1 aromatic rings. The van der Waals surface area contributed by atoms with Crippen LogP contribution in [0.5, 0.6) is 11.5 Å². The SMILES string of the molecule is CCOc1cc(/C=N/N2C(=O)CSC2=S)cc(I)c1O. The second kappa shape index (κ2) is 6.72. The number of ether oxygens (including phenoxy) is 1. The summed E-state index contributed by atoms with van der Waals surface area (Å²) in [4.78, 5) is 11.5. The molecule has 0 spiro atoms. The Kier molecular flexibility index (Phi) is 5.22. The molecular formula is C12H11IN2O3S2. The van der Waals surface area contributed by atoms with Crippen LogP contribution in [-0.4, -0.2) is 38.9 Å². The molecule has 5 nitrogen and oxygen atoms in total. The topological polar surface area (TPSA) is 62.1 Å². The van der Waals surface area contributed by atoms with Gasteiger partial charge in [0.1, 0.15) is 0 Å². The Hall–Kier alpha value is -0.870. The maximum atomic E-state index is 11.5. The number of carbonyl (C=O) groups is 1. The minimum absolute atomic E-state index is 0.105. The molecule has 1 aliphatic rings. The molecule has 106 valence electrons. The van der Waals surface area contributed by atoms with Crippen LogP contribution in [0.15, 0.2) is 17.2 Å². The lowest BCUT2D eigenvalue weighted by atomic mass is 10.2. The zero-order valence-electron chi connectivity index (χ0n) is 10.5. The number of nitrogens with zero attached hydrogens (tertiary/aromatic N) is 2. The molecule has 0 atom stereocenters. The summed E-state index contributed by atoms with van der Waals surface area (Å²) >= 11 is 8.34. The van der Waals surface area contributed by atoms with Gasteiger partial charge >= 0.3 is 0 Å². The Labute approximate surface area is 139 Å². The lowest BCUT2D eigenvalue weighted by molar-refractivity contribution is -0.123. The van der Waals surface area contributed by atoms with Crippen LogP contribution in [0.4, 0.5) is 0 Å². The Morgan fingerprint density at radius 3 is 3.00 bits per heavy atom. The van der Waals surface area contributed by atoms with Gasteiger partial charge in [0.2, 0.25) is 0 Å². The lowest BCUT2D eigenvalue weighted by Crippen LogP contribution is -2.22. The Morgan fingerprint density at radius 2 is 2.40 bits per heavy atom. The van der Waals surface area contributed by atoms with Crippen LogP contribution < -0.4 is 4.74 Å². The highest BCUT2D eigenvalue weighted by Crippen LogP contribution is 2.32. The predicted octanol–water partition coefficient (Wildman–Crippen LogP) is 2.59. The summed E-state index contributed by atoms with van der Waals surface area (Å²) in [5.74, 6) is 0.696. The van der Waals surface area contributed by atoms with Crippen molar-refractivity contribution in [3.05, 3.63) is 21.3 Å². The van der Waals surface area contributed by atoms with Gasteiger partial charge in [0.05, 0.1) is 22.1 Å². The number of hydrogen-bond donors (Lipinski definition) is 1. The first-order chi connectivity index (χ1) is 9.52. The Balaban J connectivity index is 2.25. The number of halogens is 1.